The normalized spacial score (nSPS) is 13.5. The van der Waals surface area contributed by atoms with Crippen molar-refractivity contribution in [3.05, 3.63) is 54.1 Å². The van der Waals surface area contributed by atoms with Crippen LogP contribution in [-0.4, -0.2) is 52.2 Å². The lowest BCUT2D eigenvalue weighted by Crippen LogP contribution is -2.31. The Morgan fingerprint density at radius 3 is 2.58 bits per heavy atom. The molecular formula is C23H26N4O3S. The molecule has 1 N–H and O–H groups in total. The summed E-state index contributed by atoms with van der Waals surface area (Å²) >= 11 is 1.36. The number of thioether (sulfide) groups is 1. The Hall–Kier alpha value is -3.00. The highest BCUT2D eigenvalue weighted by Crippen LogP contribution is 2.24. The van der Waals surface area contributed by atoms with Gasteiger partial charge in [0, 0.05) is 19.6 Å². The molecule has 1 aliphatic heterocycles. The summed E-state index contributed by atoms with van der Waals surface area (Å²) in [5, 5.41) is 3.62. The molecule has 31 heavy (non-hydrogen) atoms. The largest absolute Gasteiger partial charge is 0.497 e. The summed E-state index contributed by atoms with van der Waals surface area (Å²) in [6, 6.07) is 15.4. The van der Waals surface area contributed by atoms with Crippen molar-refractivity contribution in [3.8, 4) is 5.75 Å². The van der Waals surface area contributed by atoms with Gasteiger partial charge in [-0.25, -0.2) is 4.98 Å². The molecular weight excluding hydrogens is 412 g/mol. The van der Waals surface area contributed by atoms with E-state index in [9.17, 15) is 9.59 Å². The van der Waals surface area contributed by atoms with Crippen molar-refractivity contribution in [2.45, 2.75) is 31.1 Å². The predicted octanol–water partition coefficient (Wildman–Crippen LogP) is 3.08. The fourth-order valence-corrected chi connectivity index (χ4v) is 4.49. The highest BCUT2D eigenvalue weighted by molar-refractivity contribution is 7.99. The molecule has 2 amide bonds. The number of benzene rings is 2. The second-order valence-corrected chi connectivity index (χ2v) is 8.41. The SMILES string of the molecule is COc1ccc(CNC(=O)CSc2nc3ccccc3n2CC(=O)N2CCCC2)cc1. The molecule has 1 fully saturated rings. The van der Waals surface area contributed by atoms with E-state index in [1.165, 1.54) is 11.8 Å². The Morgan fingerprint density at radius 2 is 1.84 bits per heavy atom. The quantitative estimate of drug-likeness (QED) is 0.547. The number of fused-ring (bicyclic) bond motifs is 1. The van der Waals surface area contributed by atoms with Gasteiger partial charge in [0.25, 0.3) is 0 Å². The van der Waals surface area contributed by atoms with Gasteiger partial charge in [-0.3, -0.25) is 9.59 Å². The number of ether oxygens (including phenoxy) is 1. The number of nitrogens with zero attached hydrogens (tertiary/aromatic N) is 3. The third-order valence-corrected chi connectivity index (χ3v) is 6.33. The Balaban J connectivity index is 1.39. The minimum absolute atomic E-state index is 0.0784. The topological polar surface area (TPSA) is 76.5 Å². The number of amides is 2. The monoisotopic (exact) mass is 438 g/mol. The fraction of sp³-hybridized carbons (Fsp3) is 0.348. The Kier molecular flexibility index (Phi) is 6.76. The number of para-hydroxylation sites is 2. The molecule has 0 spiro atoms. The summed E-state index contributed by atoms with van der Waals surface area (Å²) in [6.07, 6.45) is 2.12. The van der Waals surface area contributed by atoms with E-state index in [0.717, 1.165) is 48.3 Å². The molecule has 1 saturated heterocycles. The van der Waals surface area contributed by atoms with Gasteiger partial charge in [0.2, 0.25) is 11.8 Å². The second kappa shape index (κ2) is 9.87. The number of rotatable bonds is 8. The molecule has 0 unspecified atom stereocenters. The van der Waals surface area contributed by atoms with Crippen LogP contribution in [0.3, 0.4) is 0 Å². The molecule has 7 nitrogen and oxygen atoms in total. The van der Waals surface area contributed by atoms with Gasteiger partial charge in [-0.05, 0) is 42.7 Å². The number of nitrogens with one attached hydrogen (secondary N) is 1. The van der Waals surface area contributed by atoms with E-state index >= 15 is 0 Å². The molecule has 1 aromatic heterocycles. The standard InChI is InChI=1S/C23H26N4O3S/c1-30-18-10-8-17(9-11-18)14-24-21(28)16-31-23-25-19-6-2-3-7-20(19)27(23)15-22(29)26-12-4-5-13-26/h2-3,6-11H,4-5,12-16H2,1H3,(H,24,28). The predicted molar refractivity (Wildman–Crippen MR) is 121 cm³/mol. The number of imidazole rings is 1. The Labute approximate surface area is 185 Å². The maximum absolute atomic E-state index is 12.7. The molecule has 0 atom stereocenters. The van der Waals surface area contributed by atoms with E-state index < -0.39 is 0 Å². The van der Waals surface area contributed by atoms with Crippen molar-refractivity contribution in [1.82, 2.24) is 19.8 Å². The summed E-state index contributed by atoms with van der Waals surface area (Å²) in [4.78, 5) is 31.7. The van der Waals surface area contributed by atoms with Crippen LogP contribution in [0, 0.1) is 0 Å². The Morgan fingerprint density at radius 1 is 1.10 bits per heavy atom. The highest BCUT2D eigenvalue weighted by Gasteiger charge is 2.21. The molecule has 0 saturated carbocycles. The van der Waals surface area contributed by atoms with Crippen LogP contribution in [0.25, 0.3) is 11.0 Å². The summed E-state index contributed by atoms with van der Waals surface area (Å²) in [7, 11) is 1.63. The lowest BCUT2D eigenvalue weighted by molar-refractivity contribution is -0.130. The number of aromatic nitrogens is 2. The second-order valence-electron chi connectivity index (χ2n) is 7.47. The summed E-state index contributed by atoms with van der Waals surface area (Å²) in [5.41, 5.74) is 2.75. The van der Waals surface area contributed by atoms with E-state index in [1.54, 1.807) is 7.11 Å². The molecule has 1 aliphatic rings. The van der Waals surface area contributed by atoms with Crippen molar-refractivity contribution in [2.24, 2.45) is 0 Å². The molecule has 3 aromatic rings. The summed E-state index contributed by atoms with van der Waals surface area (Å²) in [6.45, 7) is 2.34. The van der Waals surface area contributed by atoms with Gasteiger partial charge in [0.1, 0.15) is 12.3 Å². The number of hydrogen-bond donors (Lipinski definition) is 1. The third kappa shape index (κ3) is 5.19. The molecule has 0 aliphatic carbocycles. The maximum atomic E-state index is 12.7. The number of carbonyl (C=O) groups is 2. The summed E-state index contributed by atoms with van der Waals surface area (Å²) < 4.78 is 7.08. The molecule has 162 valence electrons. The molecule has 4 rings (SSSR count). The van der Waals surface area contributed by atoms with E-state index in [4.69, 9.17) is 4.74 Å². The van der Waals surface area contributed by atoms with Crippen molar-refractivity contribution < 1.29 is 14.3 Å². The van der Waals surface area contributed by atoms with Crippen LogP contribution in [0.1, 0.15) is 18.4 Å². The van der Waals surface area contributed by atoms with Gasteiger partial charge >= 0.3 is 0 Å². The van der Waals surface area contributed by atoms with Crippen molar-refractivity contribution in [2.75, 3.05) is 26.0 Å². The van der Waals surface area contributed by atoms with Gasteiger partial charge in [-0.1, -0.05) is 36.0 Å². The lowest BCUT2D eigenvalue weighted by atomic mass is 10.2. The van der Waals surface area contributed by atoms with Crippen LogP contribution in [-0.2, 0) is 22.7 Å². The van der Waals surface area contributed by atoms with Crippen molar-refractivity contribution >= 4 is 34.6 Å². The van der Waals surface area contributed by atoms with E-state index in [0.29, 0.717) is 11.7 Å². The zero-order valence-electron chi connectivity index (χ0n) is 17.5. The highest BCUT2D eigenvalue weighted by atomic mass is 32.2. The molecule has 2 aromatic carbocycles. The first kappa shape index (κ1) is 21.2. The van der Waals surface area contributed by atoms with Gasteiger partial charge in [0.15, 0.2) is 5.16 Å². The number of hydrogen-bond acceptors (Lipinski definition) is 5. The van der Waals surface area contributed by atoms with Crippen LogP contribution in [0.2, 0.25) is 0 Å². The molecule has 0 bridgehead atoms. The van der Waals surface area contributed by atoms with Crippen molar-refractivity contribution in [3.63, 3.8) is 0 Å². The van der Waals surface area contributed by atoms with E-state index in [1.807, 2.05) is 58.0 Å². The van der Waals surface area contributed by atoms with Crippen LogP contribution >= 0.6 is 11.8 Å². The fourth-order valence-electron chi connectivity index (χ4n) is 3.64. The van der Waals surface area contributed by atoms with E-state index in [2.05, 4.69) is 10.3 Å². The first-order chi connectivity index (χ1) is 15.1. The molecule has 8 heteroatoms. The summed E-state index contributed by atoms with van der Waals surface area (Å²) in [5.74, 6) is 1.04. The van der Waals surface area contributed by atoms with Gasteiger partial charge in [-0.2, -0.15) is 0 Å². The van der Waals surface area contributed by atoms with E-state index in [-0.39, 0.29) is 24.1 Å². The van der Waals surface area contributed by atoms with Crippen LogP contribution in [0.15, 0.2) is 53.7 Å². The van der Waals surface area contributed by atoms with Crippen LogP contribution in [0.4, 0.5) is 0 Å². The zero-order chi connectivity index (χ0) is 21.6. The first-order valence-electron chi connectivity index (χ1n) is 10.4. The van der Waals surface area contributed by atoms with Gasteiger partial charge in [0.05, 0.1) is 23.9 Å². The smallest absolute Gasteiger partial charge is 0.242 e. The number of likely N-dealkylation sites (tertiary alicyclic amines) is 1. The molecule has 0 radical (unpaired) electrons. The number of carbonyl (C=O) groups excluding carboxylic acids is 2. The van der Waals surface area contributed by atoms with Crippen LogP contribution in [0.5, 0.6) is 5.75 Å². The lowest BCUT2D eigenvalue weighted by Gasteiger charge is -2.17. The zero-order valence-corrected chi connectivity index (χ0v) is 18.4. The van der Waals surface area contributed by atoms with Gasteiger partial charge < -0.3 is 19.5 Å². The average molecular weight is 439 g/mol. The Bertz CT molecular complexity index is 1060. The average Bonchev–Trinajstić information content (AvgIpc) is 3.45. The molecule has 2 heterocycles. The van der Waals surface area contributed by atoms with Crippen molar-refractivity contribution in [1.29, 1.82) is 0 Å². The number of methoxy groups -OCH3 is 1. The maximum Gasteiger partial charge on any atom is 0.242 e. The third-order valence-electron chi connectivity index (χ3n) is 5.35. The van der Waals surface area contributed by atoms with Gasteiger partial charge in [-0.15, -0.1) is 0 Å². The van der Waals surface area contributed by atoms with Crippen LogP contribution < -0.4 is 10.1 Å². The minimum Gasteiger partial charge on any atom is -0.497 e. The first-order valence-corrected chi connectivity index (χ1v) is 11.4. The minimum atomic E-state index is -0.0784.